The number of rotatable bonds is 17. The molecule has 0 aliphatic rings. The number of carbonyl (C=O) groups is 2. The number of nitrogens with one attached hydrogen (secondary N) is 1. The van der Waals surface area contributed by atoms with Crippen LogP contribution in [-0.4, -0.2) is 61.2 Å². The first-order chi connectivity index (χ1) is 20.0. The van der Waals surface area contributed by atoms with Crippen molar-refractivity contribution < 1.29 is 38.4 Å². The monoisotopic (exact) mass is 583 g/mol. The summed E-state index contributed by atoms with van der Waals surface area (Å²) in [6.07, 6.45) is 4.50. The van der Waals surface area contributed by atoms with Gasteiger partial charge in [0.25, 0.3) is 0 Å². The number of aliphatic hydroxyl groups excluding tert-OH is 1. The summed E-state index contributed by atoms with van der Waals surface area (Å²) in [6, 6.07) is 11.4. The molecule has 3 rings (SSSR count). The fraction of sp³-hybridized carbons (Fsp3) is 0.515. The van der Waals surface area contributed by atoms with Gasteiger partial charge in [-0.05, 0) is 94.7 Å². The van der Waals surface area contributed by atoms with E-state index >= 15 is 0 Å². The maximum atomic E-state index is 13.3. The molecular weight excluding hydrogens is 538 g/mol. The highest BCUT2D eigenvalue weighted by molar-refractivity contribution is 6.06. The van der Waals surface area contributed by atoms with Crippen molar-refractivity contribution in [2.75, 3.05) is 27.4 Å². The molecule has 1 aromatic heterocycles. The number of hydrogen-bond acceptors (Lipinski definition) is 8. The summed E-state index contributed by atoms with van der Waals surface area (Å²) in [7, 11) is 3.14. The zero-order valence-electron chi connectivity index (χ0n) is 25.5. The summed E-state index contributed by atoms with van der Waals surface area (Å²) >= 11 is 0. The lowest BCUT2D eigenvalue weighted by Crippen LogP contribution is -2.33. The van der Waals surface area contributed by atoms with Crippen LogP contribution in [0.2, 0.25) is 0 Å². The molecule has 0 aliphatic heterocycles. The zero-order chi connectivity index (χ0) is 30.7. The first-order valence-corrected chi connectivity index (χ1v) is 14.6. The van der Waals surface area contributed by atoms with Crippen molar-refractivity contribution >= 4 is 22.8 Å². The van der Waals surface area contributed by atoms with Crippen LogP contribution in [0, 0.1) is 0 Å². The molecule has 0 saturated heterocycles. The molecule has 1 amide bonds. The Bertz CT molecular complexity index is 1310. The lowest BCUT2D eigenvalue weighted by Gasteiger charge is -2.19. The fourth-order valence-corrected chi connectivity index (χ4v) is 4.90. The minimum Gasteiger partial charge on any atom is -0.497 e. The number of hydrogen-bond donors (Lipinski definition) is 3. The van der Waals surface area contributed by atoms with Gasteiger partial charge in [-0.15, -0.1) is 0 Å². The summed E-state index contributed by atoms with van der Waals surface area (Å²) in [5.74, 6) is 0.969. The summed E-state index contributed by atoms with van der Waals surface area (Å²) < 4.78 is 22.4. The SMILES string of the molecule is COc1ccc(CCCOC(=O)c2c(CCO)oc3c(OC)cc(CCC(=O)NC(C)CCCC(C)(C)O)cc23)cc1. The molecule has 3 aromatic rings. The van der Waals surface area contributed by atoms with Gasteiger partial charge in [0.1, 0.15) is 17.1 Å². The van der Waals surface area contributed by atoms with Gasteiger partial charge in [-0.25, -0.2) is 4.79 Å². The molecule has 2 aromatic carbocycles. The molecule has 1 heterocycles. The Morgan fingerprint density at radius 1 is 1.00 bits per heavy atom. The Balaban J connectivity index is 1.67. The molecule has 0 radical (unpaired) electrons. The van der Waals surface area contributed by atoms with Crippen molar-refractivity contribution in [3.63, 3.8) is 0 Å². The first-order valence-electron chi connectivity index (χ1n) is 14.6. The molecule has 0 fully saturated rings. The van der Waals surface area contributed by atoms with Gasteiger partial charge in [0.15, 0.2) is 11.3 Å². The normalized spacial score (nSPS) is 12.3. The van der Waals surface area contributed by atoms with Crippen molar-refractivity contribution in [1.29, 1.82) is 0 Å². The molecule has 230 valence electrons. The van der Waals surface area contributed by atoms with Gasteiger partial charge in [-0.3, -0.25) is 4.79 Å². The average molecular weight is 584 g/mol. The van der Waals surface area contributed by atoms with Gasteiger partial charge in [-0.2, -0.15) is 0 Å². The second kappa shape index (κ2) is 15.6. The molecule has 9 heteroatoms. The number of amides is 1. The van der Waals surface area contributed by atoms with Crippen molar-refractivity contribution in [2.45, 2.75) is 83.8 Å². The Morgan fingerprint density at radius 2 is 1.74 bits per heavy atom. The minimum absolute atomic E-state index is 0.00197. The van der Waals surface area contributed by atoms with Crippen LogP contribution in [0.5, 0.6) is 11.5 Å². The number of aliphatic hydroxyl groups is 2. The number of ether oxygens (including phenoxy) is 3. The maximum Gasteiger partial charge on any atom is 0.342 e. The van der Waals surface area contributed by atoms with E-state index in [2.05, 4.69) is 5.32 Å². The Morgan fingerprint density at radius 3 is 2.38 bits per heavy atom. The van der Waals surface area contributed by atoms with E-state index in [1.807, 2.05) is 37.3 Å². The number of aryl methyl sites for hydroxylation is 2. The smallest absolute Gasteiger partial charge is 0.342 e. The van der Waals surface area contributed by atoms with Gasteiger partial charge < -0.3 is 34.2 Å². The lowest BCUT2D eigenvalue weighted by atomic mass is 9.99. The van der Waals surface area contributed by atoms with E-state index in [-0.39, 0.29) is 43.6 Å². The molecule has 1 unspecified atom stereocenters. The molecular formula is C33H45NO8. The van der Waals surface area contributed by atoms with E-state index in [0.29, 0.717) is 41.7 Å². The van der Waals surface area contributed by atoms with E-state index in [0.717, 1.165) is 36.1 Å². The Labute approximate surface area is 248 Å². The summed E-state index contributed by atoms with van der Waals surface area (Å²) in [6.45, 7) is 5.55. The summed E-state index contributed by atoms with van der Waals surface area (Å²) in [5, 5.41) is 23.1. The van der Waals surface area contributed by atoms with Crippen LogP contribution in [0.3, 0.4) is 0 Å². The van der Waals surface area contributed by atoms with E-state index in [4.69, 9.17) is 18.6 Å². The highest BCUT2D eigenvalue weighted by Gasteiger charge is 2.25. The zero-order valence-corrected chi connectivity index (χ0v) is 25.5. The number of carbonyl (C=O) groups excluding carboxylic acids is 2. The van der Waals surface area contributed by atoms with Gasteiger partial charge >= 0.3 is 5.97 Å². The molecule has 9 nitrogen and oxygen atoms in total. The van der Waals surface area contributed by atoms with Crippen molar-refractivity contribution in [1.82, 2.24) is 5.32 Å². The van der Waals surface area contributed by atoms with Crippen molar-refractivity contribution in [3.05, 3.63) is 58.8 Å². The number of methoxy groups -OCH3 is 2. The second-order valence-corrected chi connectivity index (χ2v) is 11.3. The van der Waals surface area contributed by atoms with E-state index < -0.39 is 11.6 Å². The molecule has 1 atom stereocenters. The predicted molar refractivity (Wildman–Crippen MR) is 161 cm³/mol. The van der Waals surface area contributed by atoms with Crippen molar-refractivity contribution in [2.24, 2.45) is 0 Å². The van der Waals surface area contributed by atoms with Crippen LogP contribution in [0.15, 0.2) is 40.8 Å². The first kappa shape index (κ1) is 32.9. The van der Waals surface area contributed by atoms with Crippen LogP contribution in [0.25, 0.3) is 11.0 Å². The highest BCUT2D eigenvalue weighted by Crippen LogP contribution is 2.35. The quantitative estimate of drug-likeness (QED) is 0.147. The third kappa shape index (κ3) is 9.77. The number of esters is 1. The lowest BCUT2D eigenvalue weighted by molar-refractivity contribution is -0.121. The van der Waals surface area contributed by atoms with Gasteiger partial charge in [-0.1, -0.05) is 12.1 Å². The topological polar surface area (TPSA) is 127 Å². The molecule has 0 saturated carbocycles. The van der Waals surface area contributed by atoms with E-state index in [9.17, 15) is 19.8 Å². The van der Waals surface area contributed by atoms with Crippen molar-refractivity contribution in [3.8, 4) is 11.5 Å². The average Bonchev–Trinajstić information content (AvgIpc) is 3.31. The predicted octanol–water partition coefficient (Wildman–Crippen LogP) is 5.15. The van der Waals surface area contributed by atoms with Crippen LogP contribution in [0.1, 0.15) is 80.1 Å². The van der Waals surface area contributed by atoms with Gasteiger partial charge in [0.2, 0.25) is 5.91 Å². The van der Waals surface area contributed by atoms with Crippen LogP contribution >= 0.6 is 0 Å². The van der Waals surface area contributed by atoms with E-state index in [1.165, 1.54) is 7.11 Å². The maximum absolute atomic E-state index is 13.3. The van der Waals surface area contributed by atoms with Gasteiger partial charge in [0, 0.05) is 24.3 Å². The molecule has 0 aliphatic carbocycles. The fourth-order valence-electron chi connectivity index (χ4n) is 4.90. The number of fused-ring (bicyclic) bond motifs is 1. The highest BCUT2D eigenvalue weighted by atomic mass is 16.5. The third-order valence-corrected chi connectivity index (χ3v) is 7.13. The molecule has 3 N–H and O–H groups in total. The van der Waals surface area contributed by atoms with Crippen LogP contribution < -0.4 is 14.8 Å². The summed E-state index contributed by atoms with van der Waals surface area (Å²) in [5.41, 5.74) is 1.89. The molecule has 0 spiro atoms. The number of furan rings is 1. The van der Waals surface area contributed by atoms with Crippen LogP contribution in [-0.2, 0) is 28.8 Å². The molecule has 42 heavy (non-hydrogen) atoms. The van der Waals surface area contributed by atoms with E-state index in [1.54, 1.807) is 27.0 Å². The van der Waals surface area contributed by atoms with Gasteiger partial charge in [0.05, 0.1) is 33.0 Å². The number of benzene rings is 2. The third-order valence-electron chi connectivity index (χ3n) is 7.13. The molecule has 0 bridgehead atoms. The Kier molecular flexibility index (Phi) is 12.2. The standard InChI is InChI=1S/C33H45NO8/c1-22(8-6-17-33(2,3)38)34-29(36)15-12-24-20-26-30(27(16-18-35)42-31(26)28(21-24)40-5)32(37)41-19-7-9-23-10-13-25(39-4)14-11-23/h10-11,13-14,20-22,35,38H,6-9,12,15-19H2,1-5H3,(H,34,36). The minimum atomic E-state index is -0.714. The largest absolute Gasteiger partial charge is 0.497 e. The second-order valence-electron chi connectivity index (χ2n) is 11.3. The van der Waals surface area contributed by atoms with Crippen LogP contribution in [0.4, 0.5) is 0 Å². The summed E-state index contributed by atoms with van der Waals surface area (Å²) in [4.78, 5) is 25.9. The Hall–Kier alpha value is -3.56.